The minimum Gasteiger partial charge on any atom is -0.374 e. The van der Waals surface area contributed by atoms with Crippen molar-refractivity contribution in [1.29, 1.82) is 0 Å². The predicted molar refractivity (Wildman–Crippen MR) is 33.4 cm³/mol. The molecule has 0 saturated heterocycles. The van der Waals surface area contributed by atoms with Crippen LogP contribution in [0.15, 0.2) is 12.3 Å². The molecule has 1 aromatic rings. The summed E-state index contributed by atoms with van der Waals surface area (Å²) in [5.41, 5.74) is -4.87. The van der Waals surface area contributed by atoms with Crippen LogP contribution in [0.2, 0.25) is 0 Å². The van der Waals surface area contributed by atoms with E-state index in [2.05, 4.69) is 14.4 Å². The number of aromatic nitrogens is 2. The van der Waals surface area contributed by atoms with Crippen LogP contribution in [0.25, 0.3) is 0 Å². The van der Waals surface area contributed by atoms with E-state index in [-0.39, 0.29) is 5.88 Å². The fourth-order valence-electron chi connectivity index (χ4n) is 0.418. The van der Waals surface area contributed by atoms with Crippen LogP contribution in [0.5, 0.6) is 5.88 Å². The largest absolute Gasteiger partial charge is 0.508 e. The molecule has 12 heavy (non-hydrogen) atoms. The molecule has 0 saturated carbocycles. The standard InChI is InChI=1S/C4H3F3N2O2S/c5-4(6,7)12(10)11-3-1-2-8-9-3/h1-2H,(H,8,9). The normalized spacial score (nSPS) is 14.2. The van der Waals surface area contributed by atoms with Crippen molar-refractivity contribution in [3.8, 4) is 5.88 Å². The molecule has 0 spiro atoms. The minimum atomic E-state index is -4.87. The number of aromatic amines is 1. The van der Waals surface area contributed by atoms with E-state index in [9.17, 15) is 17.4 Å². The smallest absolute Gasteiger partial charge is 0.374 e. The van der Waals surface area contributed by atoms with Gasteiger partial charge in [-0.15, -0.1) is 0 Å². The van der Waals surface area contributed by atoms with Gasteiger partial charge in [0, 0.05) is 6.07 Å². The Morgan fingerprint density at radius 1 is 1.58 bits per heavy atom. The summed E-state index contributed by atoms with van der Waals surface area (Å²) in [5, 5.41) is 5.38. The van der Waals surface area contributed by atoms with Gasteiger partial charge in [-0.1, -0.05) is 0 Å². The molecular formula is C4H3F3N2O2S. The lowest BCUT2D eigenvalue weighted by Crippen LogP contribution is -2.21. The second-order valence-electron chi connectivity index (χ2n) is 1.68. The molecule has 0 aliphatic rings. The van der Waals surface area contributed by atoms with Crippen LogP contribution in [-0.4, -0.2) is 19.9 Å². The van der Waals surface area contributed by atoms with E-state index in [1.807, 2.05) is 0 Å². The summed E-state index contributed by atoms with van der Waals surface area (Å²) in [6, 6.07) is 1.13. The van der Waals surface area contributed by atoms with E-state index in [1.165, 1.54) is 6.20 Å². The molecule has 1 atom stereocenters. The molecule has 0 aromatic carbocycles. The van der Waals surface area contributed by atoms with E-state index < -0.39 is 16.6 Å². The number of halogens is 3. The third-order valence-electron chi connectivity index (χ3n) is 0.830. The fourth-order valence-corrected chi connectivity index (χ4v) is 0.769. The third-order valence-corrected chi connectivity index (χ3v) is 1.54. The molecule has 1 heterocycles. The highest BCUT2D eigenvalue weighted by molar-refractivity contribution is 7.81. The van der Waals surface area contributed by atoms with E-state index in [0.29, 0.717) is 0 Å². The van der Waals surface area contributed by atoms with Crippen molar-refractivity contribution in [2.24, 2.45) is 0 Å². The van der Waals surface area contributed by atoms with Gasteiger partial charge in [-0.05, 0) is 0 Å². The zero-order chi connectivity index (χ0) is 9.19. The number of hydrogen-bond acceptors (Lipinski definition) is 3. The Hall–Kier alpha value is -1.05. The quantitative estimate of drug-likeness (QED) is 0.773. The summed E-state index contributed by atoms with van der Waals surface area (Å²) in [7, 11) is 0. The van der Waals surface area contributed by atoms with Gasteiger partial charge in [-0.3, -0.25) is 0 Å². The summed E-state index contributed by atoms with van der Waals surface area (Å²) in [4.78, 5) is 0. The van der Waals surface area contributed by atoms with Crippen LogP contribution >= 0.6 is 0 Å². The molecule has 0 radical (unpaired) electrons. The zero-order valence-electron chi connectivity index (χ0n) is 5.46. The van der Waals surface area contributed by atoms with Gasteiger partial charge >= 0.3 is 16.6 Å². The Bertz CT molecular complexity index is 270. The first-order chi connectivity index (χ1) is 5.50. The van der Waals surface area contributed by atoms with Gasteiger partial charge in [0.1, 0.15) is 0 Å². The first-order valence-electron chi connectivity index (χ1n) is 2.66. The molecule has 0 amide bonds. The maximum Gasteiger partial charge on any atom is 0.508 e. The Balaban J connectivity index is 2.60. The number of alkyl halides is 3. The number of H-pyrrole nitrogens is 1. The Morgan fingerprint density at radius 2 is 2.25 bits per heavy atom. The lowest BCUT2D eigenvalue weighted by Gasteiger charge is -2.03. The molecule has 0 bridgehead atoms. The highest BCUT2D eigenvalue weighted by atomic mass is 32.2. The lowest BCUT2D eigenvalue weighted by atomic mass is 10.7. The van der Waals surface area contributed by atoms with Gasteiger partial charge in [0.25, 0.3) is 0 Å². The molecule has 8 heteroatoms. The van der Waals surface area contributed by atoms with Crippen LogP contribution in [0, 0.1) is 0 Å². The number of nitrogens with zero attached hydrogens (tertiary/aromatic N) is 1. The second kappa shape index (κ2) is 3.13. The van der Waals surface area contributed by atoms with Crippen molar-refractivity contribution in [2.75, 3.05) is 0 Å². The van der Waals surface area contributed by atoms with Crippen LogP contribution in [0.4, 0.5) is 13.2 Å². The number of rotatable bonds is 2. The van der Waals surface area contributed by atoms with Gasteiger partial charge < -0.3 is 4.18 Å². The van der Waals surface area contributed by atoms with Crippen LogP contribution in [-0.2, 0) is 11.1 Å². The van der Waals surface area contributed by atoms with E-state index in [4.69, 9.17) is 0 Å². The Kier molecular flexibility index (Phi) is 2.36. The second-order valence-corrected chi connectivity index (χ2v) is 2.78. The molecule has 4 nitrogen and oxygen atoms in total. The minimum absolute atomic E-state index is 0.286. The highest BCUT2D eigenvalue weighted by Crippen LogP contribution is 2.21. The van der Waals surface area contributed by atoms with Crippen LogP contribution in [0.3, 0.4) is 0 Å². The first-order valence-corrected chi connectivity index (χ1v) is 3.74. The van der Waals surface area contributed by atoms with Crippen molar-refractivity contribution in [2.45, 2.75) is 5.51 Å². The molecule has 0 aliphatic carbocycles. The SMILES string of the molecule is O=S(Oc1ccn[nH]1)C(F)(F)F. The lowest BCUT2D eigenvalue weighted by molar-refractivity contribution is -0.0438. The van der Waals surface area contributed by atoms with Gasteiger partial charge in [-0.2, -0.15) is 18.3 Å². The molecule has 1 N–H and O–H groups in total. The number of nitrogens with one attached hydrogen (secondary N) is 1. The van der Waals surface area contributed by atoms with Crippen LogP contribution in [0.1, 0.15) is 0 Å². The summed E-state index contributed by atoms with van der Waals surface area (Å²) >= 11 is -3.34. The molecule has 1 rings (SSSR count). The van der Waals surface area contributed by atoms with Crippen molar-refractivity contribution in [3.05, 3.63) is 12.3 Å². The molecule has 1 unspecified atom stereocenters. The van der Waals surface area contributed by atoms with Crippen LogP contribution < -0.4 is 4.18 Å². The van der Waals surface area contributed by atoms with Crippen molar-refractivity contribution in [1.82, 2.24) is 10.2 Å². The van der Waals surface area contributed by atoms with Gasteiger partial charge in [-0.25, -0.2) is 9.31 Å². The average Bonchev–Trinajstić information content (AvgIpc) is 2.37. The summed E-state index contributed by atoms with van der Waals surface area (Å²) in [5.74, 6) is -0.286. The zero-order valence-corrected chi connectivity index (χ0v) is 6.28. The molecular weight excluding hydrogens is 197 g/mol. The maximum atomic E-state index is 11.6. The number of hydrogen-bond donors (Lipinski definition) is 1. The topological polar surface area (TPSA) is 55.0 Å². The third kappa shape index (κ3) is 2.22. The molecule has 0 fully saturated rings. The Labute approximate surface area is 67.4 Å². The fraction of sp³-hybridized carbons (Fsp3) is 0.250. The van der Waals surface area contributed by atoms with E-state index in [0.717, 1.165) is 6.07 Å². The van der Waals surface area contributed by atoms with E-state index >= 15 is 0 Å². The van der Waals surface area contributed by atoms with Crippen molar-refractivity contribution >= 4 is 11.1 Å². The summed E-state index contributed by atoms with van der Waals surface area (Å²) in [6.45, 7) is 0. The average molecular weight is 200 g/mol. The molecule has 1 aromatic heterocycles. The van der Waals surface area contributed by atoms with E-state index in [1.54, 1.807) is 0 Å². The highest BCUT2D eigenvalue weighted by Gasteiger charge is 2.40. The predicted octanol–water partition coefficient (Wildman–Crippen LogP) is 0.972. The molecule has 68 valence electrons. The summed E-state index contributed by atoms with van der Waals surface area (Å²) in [6.07, 6.45) is 1.18. The van der Waals surface area contributed by atoms with Crippen molar-refractivity contribution in [3.63, 3.8) is 0 Å². The van der Waals surface area contributed by atoms with Gasteiger partial charge in [0.2, 0.25) is 5.88 Å². The van der Waals surface area contributed by atoms with Crippen molar-refractivity contribution < 1.29 is 21.6 Å². The van der Waals surface area contributed by atoms with Gasteiger partial charge in [0.15, 0.2) is 0 Å². The maximum absolute atomic E-state index is 11.6. The van der Waals surface area contributed by atoms with Gasteiger partial charge in [0.05, 0.1) is 6.20 Å². The monoisotopic (exact) mass is 200 g/mol. The molecule has 0 aliphatic heterocycles. The Morgan fingerprint density at radius 3 is 2.67 bits per heavy atom. The first kappa shape index (κ1) is 9.04. The summed E-state index contributed by atoms with van der Waals surface area (Å²) < 4.78 is 48.9.